The van der Waals surface area contributed by atoms with E-state index in [9.17, 15) is 4.79 Å². The Morgan fingerprint density at radius 1 is 1.10 bits per heavy atom. The molecule has 1 saturated carbocycles. The van der Waals surface area contributed by atoms with Crippen LogP contribution in [0.3, 0.4) is 0 Å². The Morgan fingerprint density at radius 3 is 2.65 bits per heavy atom. The van der Waals surface area contributed by atoms with Crippen LogP contribution in [0.2, 0.25) is 0 Å². The van der Waals surface area contributed by atoms with E-state index in [1.54, 1.807) is 0 Å². The molecule has 3 nitrogen and oxygen atoms in total. The zero-order valence-electron chi connectivity index (χ0n) is 12.2. The summed E-state index contributed by atoms with van der Waals surface area (Å²) >= 11 is 0. The van der Waals surface area contributed by atoms with Gasteiger partial charge < -0.3 is 10.6 Å². The average Bonchev–Trinajstić information content (AvgIpc) is 2.49. The molecule has 3 rings (SSSR count). The van der Waals surface area contributed by atoms with Gasteiger partial charge in [-0.3, -0.25) is 4.79 Å². The third-order valence-electron chi connectivity index (χ3n) is 4.79. The van der Waals surface area contributed by atoms with Crippen molar-refractivity contribution in [2.24, 2.45) is 5.92 Å². The summed E-state index contributed by atoms with van der Waals surface area (Å²) in [6, 6.07) is 8.54. The van der Waals surface area contributed by atoms with Crippen LogP contribution < -0.4 is 10.6 Å². The molecule has 1 amide bonds. The second-order valence-corrected chi connectivity index (χ2v) is 6.30. The summed E-state index contributed by atoms with van der Waals surface area (Å²) in [4.78, 5) is 12.4. The minimum atomic E-state index is -0.0179. The maximum Gasteiger partial charge on any atom is 0.241 e. The second kappa shape index (κ2) is 5.96. The van der Waals surface area contributed by atoms with Gasteiger partial charge in [-0.25, -0.2) is 0 Å². The van der Waals surface area contributed by atoms with Crippen LogP contribution in [-0.2, 0) is 4.79 Å². The number of nitrogens with one attached hydrogen (secondary N) is 2. The molecule has 3 unspecified atom stereocenters. The zero-order chi connectivity index (χ0) is 13.9. The van der Waals surface area contributed by atoms with Gasteiger partial charge in [-0.1, -0.05) is 30.5 Å². The van der Waals surface area contributed by atoms with E-state index in [1.807, 2.05) is 24.3 Å². The van der Waals surface area contributed by atoms with Gasteiger partial charge in [0.1, 0.15) is 0 Å². The highest BCUT2D eigenvalue weighted by Gasteiger charge is 2.34. The van der Waals surface area contributed by atoms with Gasteiger partial charge in [0.05, 0.1) is 6.04 Å². The van der Waals surface area contributed by atoms with E-state index >= 15 is 0 Å². The van der Waals surface area contributed by atoms with Crippen molar-refractivity contribution in [3.63, 3.8) is 0 Å². The molecular weight excluding hydrogens is 248 g/mol. The predicted octanol–water partition coefficient (Wildman–Crippen LogP) is 3.24. The van der Waals surface area contributed by atoms with Crippen molar-refractivity contribution in [2.45, 2.75) is 57.5 Å². The van der Waals surface area contributed by atoms with E-state index in [4.69, 9.17) is 0 Å². The van der Waals surface area contributed by atoms with Crippen LogP contribution in [0.25, 0.3) is 0 Å². The normalized spacial score (nSPS) is 29.6. The minimum Gasteiger partial charge on any atom is -0.325 e. The molecule has 20 heavy (non-hydrogen) atoms. The fraction of sp³-hybridized carbons (Fsp3) is 0.588. The van der Waals surface area contributed by atoms with Crippen LogP contribution in [0.4, 0.5) is 5.69 Å². The third-order valence-corrected chi connectivity index (χ3v) is 4.79. The fourth-order valence-electron chi connectivity index (χ4n) is 3.57. The Bertz CT molecular complexity index is 468. The lowest BCUT2D eigenvalue weighted by Crippen LogP contribution is -2.53. The molecular formula is C17H24N2O. The van der Waals surface area contributed by atoms with Crippen LogP contribution in [0.1, 0.15) is 44.1 Å². The lowest BCUT2D eigenvalue weighted by Gasteiger charge is -2.39. The average molecular weight is 272 g/mol. The molecule has 0 spiro atoms. The Morgan fingerprint density at radius 2 is 1.85 bits per heavy atom. The summed E-state index contributed by atoms with van der Waals surface area (Å²) in [6.07, 6.45) is 7.41. The van der Waals surface area contributed by atoms with Crippen LogP contribution in [0.15, 0.2) is 24.3 Å². The highest BCUT2D eigenvalue weighted by Crippen LogP contribution is 2.32. The number of rotatable bonds is 2. The minimum absolute atomic E-state index is 0.0179. The van der Waals surface area contributed by atoms with Gasteiger partial charge >= 0.3 is 0 Å². The van der Waals surface area contributed by atoms with Crippen molar-refractivity contribution in [3.05, 3.63) is 29.8 Å². The van der Waals surface area contributed by atoms with Gasteiger partial charge in [-0.05, 0) is 50.7 Å². The standard InChI is InChI=1S/C17H24N2O/c1-12-6-9-14(10-7-12)18-17(20)16-11-8-13-4-2-3-5-15(13)19-16/h6-7,9-10,13,15-16,19H,2-5,8,11H2,1H3,(H,18,20). The maximum atomic E-state index is 12.4. The molecule has 108 valence electrons. The van der Waals surface area contributed by atoms with E-state index in [-0.39, 0.29) is 11.9 Å². The SMILES string of the molecule is Cc1ccc(NC(=O)C2CCC3CCCCC3N2)cc1. The quantitative estimate of drug-likeness (QED) is 0.867. The summed E-state index contributed by atoms with van der Waals surface area (Å²) in [6.45, 7) is 2.05. The maximum absolute atomic E-state index is 12.4. The number of aryl methyl sites for hydroxylation is 1. The summed E-state index contributed by atoms with van der Waals surface area (Å²) in [7, 11) is 0. The molecule has 1 aliphatic carbocycles. The van der Waals surface area contributed by atoms with Crippen LogP contribution in [-0.4, -0.2) is 18.0 Å². The molecule has 2 fully saturated rings. The van der Waals surface area contributed by atoms with Gasteiger partial charge in [0.15, 0.2) is 0 Å². The van der Waals surface area contributed by atoms with Crippen molar-refractivity contribution < 1.29 is 4.79 Å². The number of amides is 1. The molecule has 0 aromatic heterocycles. The van der Waals surface area contributed by atoms with Gasteiger partial charge in [0, 0.05) is 11.7 Å². The Labute approximate surface area is 121 Å². The summed E-state index contributed by atoms with van der Waals surface area (Å²) in [5, 5.41) is 6.61. The number of carbonyl (C=O) groups is 1. The van der Waals surface area contributed by atoms with E-state index < -0.39 is 0 Å². The van der Waals surface area contributed by atoms with Gasteiger partial charge in [0.25, 0.3) is 0 Å². The summed E-state index contributed by atoms with van der Waals surface area (Å²) < 4.78 is 0. The molecule has 3 heteroatoms. The molecule has 0 bridgehead atoms. The van der Waals surface area contributed by atoms with Crippen molar-refractivity contribution in [2.75, 3.05) is 5.32 Å². The first-order valence-electron chi connectivity index (χ1n) is 7.86. The number of anilines is 1. The predicted molar refractivity (Wildman–Crippen MR) is 81.7 cm³/mol. The van der Waals surface area contributed by atoms with E-state index in [2.05, 4.69) is 17.6 Å². The molecule has 1 saturated heterocycles. The largest absolute Gasteiger partial charge is 0.325 e. The molecule has 1 aromatic carbocycles. The third kappa shape index (κ3) is 3.04. The van der Waals surface area contributed by atoms with Gasteiger partial charge in [-0.15, -0.1) is 0 Å². The molecule has 1 aromatic rings. The number of piperidine rings is 1. The monoisotopic (exact) mass is 272 g/mol. The number of fused-ring (bicyclic) bond motifs is 1. The highest BCUT2D eigenvalue weighted by molar-refractivity contribution is 5.94. The number of benzene rings is 1. The van der Waals surface area contributed by atoms with E-state index in [0.717, 1.165) is 18.0 Å². The first-order valence-corrected chi connectivity index (χ1v) is 7.86. The summed E-state index contributed by atoms with van der Waals surface area (Å²) in [5.41, 5.74) is 2.11. The first kappa shape index (κ1) is 13.6. The van der Waals surface area contributed by atoms with E-state index in [0.29, 0.717) is 6.04 Å². The Balaban J connectivity index is 1.58. The smallest absolute Gasteiger partial charge is 0.241 e. The topological polar surface area (TPSA) is 41.1 Å². The number of hydrogen-bond acceptors (Lipinski definition) is 2. The lowest BCUT2D eigenvalue weighted by molar-refractivity contribution is -0.119. The van der Waals surface area contributed by atoms with Crippen molar-refractivity contribution >= 4 is 11.6 Å². The first-order chi connectivity index (χ1) is 9.72. The van der Waals surface area contributed by atoms with Gasteiger partial charge in [0.2, 0.25) is 5.91 Å². The van der Waals surface area contributed by atoms with Crippen LogP contribution >= 0.6 is 0 Å². The lowest BCUT2D eigenvalue weighted by atomic mass is 9.77. The van der Waals surface area contributed by atoms with Crippen molar-refractivity contribution in [1.29, 1.82) is 0 Å². The second-order valence-electron chi connectivity index (χ2n) is 6.30. The molecule has 3 atom stereocenters. The number of carbonyl (C=O) groups excluding carboxylic acids is 1. The molecule has 2 N–H and O–H groups in total. The Hall–Kier alpha value is -1.35. The molecule has 1 aliphatic heterocycles. The van der Waals surface area contributed by atoms with E-state index in [1.165, 1.54) is 37.7 Å². The fourth-order valence-corrected chi connectivity index (χ4v) is 3.57. The number of hydrogen-bond donors (Lipinski definition) is 2. The highest BCUT2D eigenvalue weighted by atomic mass is 16.2. The molecule has 1 heterocycles. The van der Waals surface area contributed by atoms with Crippen molar-refractivity contribution in [1.82, 2.24) is 5.32 Å². The Kier molecular flexibility index (Phi) is 4.06. The zero-order valence-corrected chi connectivity index (χ0v) is 12.2. The van der Waals surface area contributed by atoms with Crippen LogP contribution in [0.5, 0.6) is 0 Å². The molecule has 0 radical (unpaired) electrons. The van der Waals surface area contributed by atoms with Crippen LogP contribution in [0, 0.1) is 12.8 Å². The molecule has 2 aliphatic rings. The summed E-state index contributed by atoms with van der Waals surface area (Å²) in [5.74, 6) is 0.921. The van der Waals surface area contributed by atoms with Crippen molar-refractivity contribution in [3.8, 4) is 0 Å². The van der Waals surface area contributed by atoms with Gasteiger partial charge in [-0.2, -0.15) is 0 Å².